The van der Waals surface area contributed by atoms with Gasteiger partial charge in [0.05, 0.1) is 14.2 Å². The van der Waals surface area contributed by atoms with Gasteiger partial charge in [-0.2, -0.15) is 0 Å². The first-order valence-electron chi connectivity index (χ1n) is 11.6. The van der Waals surface area contributed by atoms with Gasteiger partial charge in [-0.05, 0) is 66.2 Å². The topological polar surface area (TPSA) is 77.6 Å². The summed E-state index contributed by atoms with van der Waals surface area (Å²) in [6.07, 6.45) is 3.63. The molecule has 0 aliphatic rings. The number of ether oxygens (including phenoxy) is 3. The Labute approximate surface area is 229 Å². The maximum Gasteiger partial charge on any atom is 0.165 e. The van der Waals surface area contributed by atoms with E-state index in [2.05, 4.69) is 0 Å². The van der Waals surface area contributed by atoms with Gasteiger partial charge in [0.25, 0.3) is 0 Å². The van der Waals surface area contributed by atoms with E-state index in [9.17, 15) is 5.11 Å². The third-order valence-electron chi connectivity index (χ3n) is 5.88. The summed E-state index contributed by atoms with van der Waals surface area (Å²) in [7, 11) is 3.09. The van der Waals surface area contributed by atoms with Gasteiger partial charge in [0.2, 0.25) is 0 Å². The van der Waals surface area contributed by atoms with Crippen molar-refractivity contribution in [3.8, 4) is 34.3 Å². The van der Waals surface area contributed by atoms with Crippen LogP contribution in [0.3, 0.4) is 0 Å². The molecule has 0 spiro atoms. The smallest absolute Gasteiger partial charge is 0.165 e. The summed E-state index contributed by atoms with van der Waals surface area (Å²) < 4.78 is 18.7. The van der Waals surface area contributed by atoms with Crippen LogP contribution >= 0.6 is 23.2 Å². The zero-order valence-electron chi connectivity index (χ0n) is 20.6. The van der Waals surface area contributed by atoms with E-state index in [0.717, 1.165) is 22.3 Å². The molecule has 5 rings (SSSR count). The zero-order chi connectivity index (χ0) is 26.6. The third kappa shape index (κ3) is 5.25. The van der Waals surface area contributed by atoms with Gasteiger partial charge in [0, 0.05) is 33.6 Å². The van der Waals surface area contributed by atoms with Gasteiger partial charge in [-0.15, -0.1) is 0 Å². The number of methoxy groups -OCH3 is 2. The summed E-state index contributed by atoms with van der Waals surface area (Å²) in [5.41, 5.74) is 3.77. The number of hydrogen-bond acceptors (Lipinski definition) is 6. The SMILES string of the molecule is COc1cc(-c2nc3ccccn3c2N=Cc2ccc(OCc3ccc(Cl)cc3Cl)c(OC)c2)ccc1O. The second-order valence-electron chi connectivity index (χ2n) is 8.29. The lowest BCUT2D eigenvalue weighted by molar-refractivity contribution is 0.284. The van der Waals surface area contributed by atoms with E-state index < -0.39 is 0 Å². The number of hydrogen-bond donors (Lipinski definition) is 1. The van der Waals surface area contributed by atoms with Crippen LogP contribution in [0.5, 0.6) is 23.0 Å². The van der Waals surface area contributed by atoms with E-state index in [1.54, 1.807) is 43.7 Å². The van der Waals surface area contributed by atoms with Crippen LogP contribution in [-0.2, 0) is 6.61 Å². The Morgan fingerprint density at radius 3 is 2.55 bits per heavy atom. The molecule has 38 heavy (non-hydrogen) atoms. The first-order chi connectivity index (χ1) is 18.5. The van der Waals surface area contributed by atoms with Gasteiger partial charge in [-0.1, -0.05) is 35.3 Å². The zero-order valence-corrected chi connectivity index (χ0v) is 22.1. The monoisotopic (exact) mass is 547 g/mol. The fourth-order valence-corrected chi connectivity index (χ4v) is 4.40. The lowest BCUT2D eigenvalue weighted by Gasteiger charge is -2.12. The molecule has 0 saturated heterocycles. The molecule has 2 heterocycles. The van der Waals surface area contributed by atoms with Crippen molar-refractivity contribution in [2.75, 3.05) is 14.2 Å². The Bertz CT molecular complexity index is 1650. The minimum absolute atomic E-state index is 0.0535. The first kappa shape index (κ1) is 25.4. The molecular formula is C29H23Cl2N3O4. The van der Waals surface area contributed by atoms with E-state index in [4.69, 9.17) is 47.4 Å². The summed E-state index contributed by atoms with van der Waals surface area (Å²) >= 11 is 12.3. The third-order valence-corrected chi connectivity index (χ3v) is 6.47. The molecule has 0 amide bonds. The lowest BCUT2D eigenvalue weighted by Crippen LogP contribution is -1.99. The summed E-state index contributed by atoms with van der Waals surface area (Å²) in [6, 6.07) is 21.7. The minimum atomic E-state index is 0.0535. The van der Waals surface area contributed by atoms with Gasteiger partial charge >= 0.3 is 0 Å². The number of imidazole rings is 1. The number of aromatic nitrogens is 2. The number of rotatable bonds is 8. The number of benzene rings is 3. The number of aromatic hydroxyl groups is 1. The predicted octanol–water partition coefficient (Wildman–Crippen LogP) is 7.36. The van der Waals surface area contributed by atoms with Gasteiger partial charge in [0.1, 0.15) is 17.9 Å². The Morgan fingerprint density at radius 2 is 1.76 bits per heavy atom. The van der Waals surface area contributed by atoms with Crippen molar-refractivity contribution in [2.24, 2.45) is 4.99 Å². The first-order valence-corrected chi connectivity index (χ1v) is 12.4. The second kappa shape index (κ2) is 11.0. The maximum absolute atomic E-state index is 10.0. The highest BCUT2D eigenvalue weighted by Gasteiger charge is 2.15. The van der Waals surface area contributed by atoms with Crippen LogP contribution in [0.2, 0.25) is 10.0 Å². The molecule has 2 aromatic heterocycles. The van der Waals surface area contributed by atoms with Crippen LogP contribution < -0.4 is 14.2 Å². The van der Waals surface area contributed by atoms with Crippen LogP contribution in [0, 0.1) is 0 Å². The molecule has 9 heteroatoms. The average molecular weight is 548 g/mol. The molecular weight excluding hydrogens is 525 g/mol. The molecule has 0 aliphatic heterocycles. The maximum atomic E-state index is 10.0. The normalized spacial score (nSPS) is 11.3. The number of pyridine rings is 1. The highest BCUT2D eigenvalue weighted by Crippen LogP contribution is 2.36. The van der Waals surface area contributed by atoms with Crippen molar-refractivity contribution < 1.29 is 19.3 Å². The Balaban J connectivity index is 1.45. The molecule has 0 saturated carbocycles. The van der Waals surface area contributed by atoms with Crippen LogP contribution in [0.4, 0.5) is 5.82 Å². The fraction of sp³-hybridized carbons (Fsp3) is 0.103. The summed E-state index contributed by atoms with van der Waals surface area (Å²) in [4.78, 5) is 9.55. The molecule has 0 aliphatic carbocycles. The fourth-order valence-electron chi connectivity index (χ4n) is 3.94. The van der Waals surface area contributed by atoms with Crippen molar-refractivity contribution in [3.63, 3.8) is 0 Å². The summed E-state index contributed by atoms with van der Waals surface area (Å²) in [6.45, 7) is 0.265. The molecule has 0 atom stereocenters. The van der Waals surface area contributed by atoms with Crippen molar-refractivity contribution in [2.45, 2.75) is 6.61 Å². The van der Waals surface area contributed by atoms with Crippen molar-refractivity contribution in [1.29, 1.82) is 0 Å². The van der Waals surface area contributed by atoms with E-state index >= 15 is 0 Å². The summed E-state index contributed by atoms with van der Waals surface area (Å²) in [5, 5.41) is 11.1. The van der Waals surface area contributed by atoms with Gasteiger partial charge in [0.15, 0.2) is 28.8 Å². The molecule has 0 radical (unpaired) electrons. The Hall–Kier alpha value is -4.20. The number of nitrogens with zero attached hydrogens (tertiary/aromatic N) is 3. The molecule has 3 aromatic carbocycles. The number of fused-ring (bicyclic) bond motifs is 1. The molecule has 5 aromatic rings. The molecule has 0 fully saturated rings. The van der Waals surface area contributed by atoms with Crippen molar-refractivity contribution in [1.82, 2.24) is 9.38 Å². The van der Waals surface area contributed by atoms with E-state index in [1.165, 1.54) is 7.11 Å². The molecule has 7 nitrogen and oxygen atoms in total. The van der Waals surface area contributed by atoms with Crippen LogP contribution in [-0.4, -0.2) is 34.9 Å². The predicted molar refractivity (Wildman–Crippen MR) is 150 cm³/mol. The molecule has 1 N–H and O–H groups in total. The molecule has 0 bridgehead atoms. The van der Waals surface area contributed by atoms with Crippen LogP contribution in [0.1, 0.15) is 11.1 Å². The highest BCUT2D eigenvalue weighted by molar-refractivity contribution is 6.35. The Morgan fingerprint density at radius 1 is 0.921 bits per heavy atom. The van der Waals surface area contributed by atoms with E-state index in [1.807, 2.05) is 53.1 Å². The van der Waals surface area contributed by atoms with E-state index in [0.29, 0.717) is 38.8 Å². The van der Waals surface area contributed by atoms with Crippen molar-refractivity contribution in [3.05, 3.63) is 100 Å². The largest absolute Gasteiger partial charge is 0.504 e. The number of phenolic OH excluding ortho intramolecular Hbond substituents is 1. The lowest BCUT2D eigenvalue weighted by atomic mass is 10.1. The Kier molecular flexibility index (Phi) is 7.40. The minimum Gasteiger partial charge on any atom is -0.504 e. The second-order valence-corrected chi connectivity index (χ2v) is 9.14. The quantitative estimate of drug-likeness (QED) is 0.205. The van der Waals surface area contributed by atoms with Gasteiger partial charge in [-0.25, -0.2) is 9.98 Å². The number of phenols is 1. The number of aliphatic imine (C=N–C) groups is 1. The van der Waals surface area contributed by atoms with E-state index in [-0.39, 0.29) is 12.4 Å². The average Bonchev–Trinajstić information content (AvgIpc) is 3.30. The van der Waals surface area contributed by atoms with Crippen LogP contribution in [0.15, 0.2) is 84.0 Å². The molecule has 0 unspecified atom stereocenters. The van der Waals surface area contributed by atoms with Crippen LogP contribution in [0.25, 0.3) is 16.9 Å². The number of halogens is 2. The summed E-state index contributed by atoms with van der Waals surface area (Å²) in [5.74, 6) is 2.17. The standard InChI is InChI=1S/C29H23Cl2N3O4/c1-36-25-14-19(8-10-23(25)35)28-29(34-12-4-3-5-27(34)33-28)32-16-18-6-11-24(26(13-18)37-2)38-17-20-7-9-21(30)15-22(20)31/h3-16,35H,17H2,1-2H3. The highest BCUT2D eigenvalue weighted by atomic mass is 35.5. The van der Waals surface area contributed by atoms with Gasteiger partial charge in [-0.3, -0.25) is 4.40 Å². The molecule has 192 valence electrons. The van der Waals surface area contributed by atoms with Gasteiger partial charge < -0.3 is 19.3 Å². The van der Waals surface area contributed by atoms with Crippen molar-refractivity contribution >= 4 is 40.9 Å².